The summed E-state index contributed by atoms with van der Waals surface area (Å²) in [5.74, 6) is 1.04. The third-order valence-corrected chi connectivity index (χ3v) is 8.97. The Hall–Kier alpha value is -3.90. The van der Waals surface area contributed by atoms with Crippen LogP contribution in [0.1, 0.15) is 34.8 Å². The zero-order chi connectivity index (χ0) is 29.1. The molecule has 3 heterocycles. The van der Waals surface area contributed by atoms with E-state index in [9.17, 15) is 13.2 Å². The SMILES string of the molecule is CCSc1ccc(C(=O)N2CCC(Oc3cc(-c4c(C)cccc4C)nc(NS(=O)(=O)c4cnn(C)c4)n3)C2)cc1. The first-order valence-electron chi connectivity index (χ1n) is 13.3. The van der Waals surface area contributed by atoms with Gasteiger partial charge in [-0.2, -0.15) is 10.1 Å². The Morgan fingerprint density at radius 1 is 1.12 bits per heavy atom. The summed E-state index contributed by atoms with van der Waals surface area (Å²) in [4.78, 5) is 25.0. The summed E-state index contributed by atoms with van der Waals surface area (Å²) in [6.45, 7) is 6.97. The quantitative estimate of drug-likeness (QED) is 0.278. The summed E-state index contributed by atoms with van der Waals surface area (Å²) in [6, 6.07) is 15.3. The number of aromatic nitrogens is 4. The van der Waals surface area contributed by atoms with Gasteiger partial charge in [-0.25, -0.2) is 18.1 Å². The number of anilines is 1. The first kappa shape index (κ1) is 28.6. The maximum atomic E-state index is 13.1. The number of benzene rings is 2. The van der Waals surface area contributed by atoms with Crippen LogP contribution in [0.4, 0.5) is 5.95 Å². The number of carbonyl (C=O) groups excluding carboxylic acids is 1. The second kappa shape index (κ2) is 11.9. The molecule has 1 amide bonds. The van der Waals surface area contributed by atoms with Gasteiger partial charge in [0.15, 0.2) is 0 Å². The number of carbonyl (C=O) groups is 1. The molecule has 0 saturated carbocycles. The number of rotatable bonds is 9. The second-order valence-electron chi connectivity index (χ2n) is 9.87. The predicted octanol–water partition coefficient (Wildman–Crippen LogP) is 4.70. The third kappa shape index (κ3) is 6.54. The maximum Gasteiger partial charge on any atom is 0.267 e. The van der Waals surface area contributed by atoms with Crippen molar-refractivity contribution >= 4 is 33.6 Å². The number of aryl methyl sites for hydroxylation is 3. The molecule has 0 spiro atoms. The average molecular weight is 593 g/mol. The molecule has 5 rings (SSSR count). The molecule has 1 aliphatic rings. The number of hydrogen-bond acceptors (Lipinski definition) is 8. The summed E-state index contributed by atoms with van der Waals surface area (Å²) in [5, 5.41) is 3.95. The minimum Gasteiger partial charge on any atom is -0.472 e. The van der Waals surface area contributed by atoms with Crippen molar-refractivity contribution in [2.45, 2.75) is 43.1 Å². The fourth-order valence-corrected chi connectivity index (χ4v) is 6.41. The topological polar surface area (TPSA) is 119 Å². The Labute approximate surface area is 244 Å². The Morgan fingerprint density at radius 3 is 2.51 bits per heavy atom. The molecular weight excluding hydrogens is 560 g/mol. The molecule has 0 radical (unpaired) electrons. The van der Waals surface area contributed by atoms with Crippen molar-refractivity contribution in [1.29, 1.82) is 0 Å². The molecule has 214 valence electrons. The third-order valence-electron chi connectivity index (χ3n) is 6.79. The van der Waals surface area contributed by atoms with E-state index < -0.39 is 10.0 Å². The maximum absolute atomic E-state index is 13.1. The van der Waals surface area contributed by atoms with Gasteiger partial charge in [0.25, 0.3) is 15.9 Å². The summed E-state index contributed by atoms with van der Waals surface area (Å²) in [7, 11) is -2.34. The van der Waals surface area contributed by atoms with Crippen molar-refractivity contribution in [2.75, 3.05) is 23.6 Å². The molecule has 0 aliphatic carbocycles. The smallest absolute Gasteiger partial charge is 0.267 e. The van der Waals surface area contributed by atoms with Crippen LogP contribution < -0.4 is 9.46 Å². The highest BCUT2D eigenvalue weighted by atomic mass is 32.2. The average Bonchev–Trinajstić information content (AvgIpc) is 3.58. The summed E-state index contributed by atoms with van der Waals surface area (Å²) < 4.78 is 36.2. The van der Waals surface area contributed by atoms with Crippen molar-refractivity contribution in [1.82, 2.24) is 24.6 Å². The fourth-order valence-electron chi connectivity index (χ4n) is 4.82. The molecule has 1 fully saturated rings. The van der Waals surface area contributed by atoms with Gasteiger partial charge in [-0.3, -0.25) is 9.48 Å². The molecule has 0 bridgehead atoms. The van der Waals surface area contributed by atoms with Crippen LogP contribution in [0, 0.1) is 13.8 Å². The van der Waals surface area contributed by atoms with Gasteiger partial charge in [0, 0.05) is 48.3 Å². The largest absolute Gasteiger partial charge is 0.472 e. The standard InChI is InChI=1S/C29H32N6O4S2/c1-5-40-23-11-9-21(10-12-23)28(36)35-14-13-22(17-35)39-26-15-25(27-19(2)7-6-8-20(27)3)31-29(32-26)33-41(37,38)24-16-30-34(4)18-24/h6-12,15-16,18,22H,5,13-14,17H2,1-4H3,(H,31,32,33). The zero-order valence-electron chi connectivity index (χ0n) is 23.4. The number of likely N-dealkylation sites (tertiary alicyclic amines) is 1. The van der Waals surface area contributed by atoms with Gasteiger partial charge in [0.1, 0.15) is 11.0 Å². The van der Waals surface area contributed by atoms with E-state index in [-0.39, 0.29) is 28.7 Å². The van der Waals surface area contributed by atoms with Crippen LogP contribution in [0.5, 0.6) is 5.88 Å². The molecule has 2 aromatic heterocycles. The number of amides is 1. The molecular formula is C29H32N6O4S2. The number of ether oxygens (including phenoxy) is 1. The molecule has 1 N–H and O–H groups in total. The molecule has 2 aromatic carbocycles. The first-order valence-corrected chi connectivity index (χ1v) is 15.8. The van der Waals surface area contributed by atoms with Crippen LogP contribution in [0.15, 0.2) is 70.7 Å². The van der Waals surface area contributed by atoms with Crippen LogP contribution in [0.2, 0.25) is 0 Å². The molecule has 1 atom stereocenters. The van der Waals surface area contributed by atoms with E-state index in [1.165, 1.54) is 17.1 Å². The normalized spacial score (nSPS) is 15.2. The Morgan fingerprint density at radius 2 is 1.85 bits per heavy atom. The van der Waals surface area contributed by atoms with Gasteiger partial charge < -0.3 is 9.64 Å². The van der Waals surface area contributed by atoms with E-state index in [1.54, 1.807) is 29.8 Å². The van der Waals surface area contributed by atoms with Gasteiger partial charge in [-0.05, 0) is 55.0 Å². The molecule has 1 aliphatic heterocycles. The lowest BCUT2D eigenvalue weighted by Gasteiger charge is -2.18. The van der Waals surface area contributed by atoms with Crippen molar-refractivity contribution < 1.29 is 17.9 Å². The predicted molar refractivity (Wildman–Crippen MR) is 159 cm³/mol. The van der Waals surface area contributed by atoms with Gasteiger partial charge in [0.2, 0.25) is 11.8 Å². The molecule has 4 aromatic rings. The van der Waals surface area contributed by atoms with Crippen molar-refractivity contribution in [3.8, 4) is 17.1 Å². The van der Waals surface area contributed by atoms with E-state index in [0.29, 0.717) is 30.8 Å². The molecule has 41 heavy (non-hydrogen) atoms. The van der Waals surface area contributed by atoms with Crippen LogP contribution >= 0.6 is 11.8 Å². The van der Waals surface area contributed by atoms with Gasteiger partial charge in [-0.15, -0.1) is 11.8 Å². The highest BCUT2D eigenvalue weighted by Gasteiger charge is 2.29. The van der Waals surface area contributed by atoms with E-state index in [4.69, 9.17) is 4.74 Å². The fraction of sp³-hybridized carbons (Fsp3) is 0.310. The minimum atomic E-state index is -3.98. The van der Waals surface area contributed by atoms with Gasteiger partial charge in [-0.1, -0.05) is 25.1 Å². The van der Waals surface area contributed by atoms with Gasteiger partial charge >= 0.3 is 0 Å². The van der Waals surface area contributed by atoms with E-state index in [0.717, 1.165) is 27.3 Å². The molecule has 1 unspecified atom stereocenters. The number of nitrogens with zero attached hydrogens (tertiary/aromatic N) is 5. The first-order chi connectivity index (χ1) is 19.6. The minimum absolute atomic E-state index is 0.00480. The van der Waals surface area contributed by atoms with Crippen molar-refractivity contribution in [3.63, 3.8) is 0 Å². The highest BCUT2D eigenvalue weighted by Crippen LogP contribution is 2.30. The van der Waals surface area contributed by atoms with E-state index in [1.807, 2.05) is 56.3 Å². The monoisotopic (exact) mass is 592 g/mol. The van der Waals surface area contributed by atoms with Crippen LogP contribution in [0.3, 0.4) is 0 Å². The number of thioether (sulfide) groups is 1. The van der Waals surface area contributed by atoms with Crippen LogP contribution in [0.25, 0.3) is 11.3 Å². The Balaban J connectivity index is 1.39. The van der Waals surface area contributed by atoms with Crippen LogP contribution in [-0.2, 0) is 17.1 Å². The molecule has 12 heteroatoms. The number of sulfonamides is 1. The summed E-state index contributed by atoms with van der Waals surface area (Å²) in [5.41, 5.74) is 4.01. The van der Waals surface area contributed by atoms with Crippen LogP contribution in [-0.4, -0.2) is 63.9 Å². The van der Waals surface area contributed by atoms with Gasteiger partial charge in [0.05, 0.1) is 18.4 Å². The number of hydrogen-bond donors (Lipinski definition) is 1. The summed E-state index contributed by atoms with van der Waals surface area (Å²) in [6.07, 6.45) is 2.97. The Kier molecular flexibility index (Phi) is 8.32. The van der Waals surface area contributed by atoms with E-state index in [2.05, 4.69) is 26.7 Å². The highest BCUT2D eigenvalue weighted by molar-refractivity contribution is 7.99. The lowest BCUT2D eigenvalue weighted by Crippen LogP contribution is -2.31. The van der Waals surface area contributed by atoms with Crippen molar-refractivity contribution in [3.05, 3.63) is 77.6 Å². The second-order valence-corrected chi connectivity index (χ2v) is 12.9. The molecule has 10 nitrogen and oxygen atoms in total. The zero-order valence-corrected chi connectivity index (χ0v) is 25.0. The number of nitrogens with one attached hydrogen (secondary N) is 1. The molecule has 1 saturated heterocycles. The lowest BCUT2D eigenvalue weighted by molar-refractivity contribution is 0.0771. The lowest BCUT2D eigenvalue weighted by atomic mass is 10.00. The van der Waals surface area contributed by atoms with E-state index >= 15 is 0 Å². The Bertz CT molecular complexity index is 1650. The van der Waals surface area contributed by atoms with Crippen molar-refractivity contribution in [2.24, 2.45) is 7.05 Å². The summed E-state index contributed by atoms with van der Waals surface area (Å²) >= 11 is 1.73.